The molecule has 0 saturated carbocycles. The quantitative estimate of drug-likeness (QED) is 0.836. The summed E-state index contributed by atoms with van der Waals surface area (Å²) in [6.45, 7) is 2.80. The molecule has 0 aromatic carbocycles. The first-order chi connectivity index (χ1) is 8.86. The predicted molar refractivity (Wildman–Crippen MR) is 70.2 cm³/mol. The van der Waals surface area contributed by atoms with Crippen molar-refractivity contribution in [1.29, 1.82) is 0 Å². The van der Waals surface area contributed by atoms with Gasteiger partial charge >= 0.3 is 0 Å². The third kappa shape index (κ3) is 2.23. The van der Waals surface area contributed by atoms with E-state index in [0.717, 1.165) is 42.5 Å². The molecule has 5 heteroatoms. The van der Waals surface area contributed by atoms with E-state index in [4.69, 9.17) is 5.73 Å². The van der Waals surface area contributed by atoms with E-state index in [-0.39, 0.29) is 0 Å². The Bertz CT molecular complexity index is 527. The van der Waals surface area contributed by atoms with Gasteiger partial charge < -0.3 is 11.1 Å². The zero-order chi connectivity index (χ0) is 12.4. The van der Waals surface area contributed by atoms with Crippen LogP contribution in [-0.4, -0.2) is 27.7 Å². The summed E-state index contributed by atoms with van der Waals surface area (Å²) in [6, 6.07) is 4.06. The van der Waals surface area contributed by atoms with Crippen molar-refractivity contribution in [3.8, 4) is 0 Å². The Morgan fingerprint density at radius 3 is 2.94 bits per heavy atom. The molecule has 0 amide bonds. The third-order valence-corrected chi connectivity index (χ3v) is 3.71. The van der Waals surface area contributed by atoms with Crippen molar-refractivity contribution >= 4 is 5.65 Å². The van der Waals surface area contributed by atoms with Crippen LogP contribution in [0.3, 0.4) is 0 Å². The van der Waals surface area contributed by atoms with Gasteiger partial charge in [0.1, 0.15) is 5.82 Å². The van der Waals surface area contributed by atoms with Crippen LogP contribution in [0.4, 0.5) is 0 Å². The van der Waals surface area contributed by atoms with Gasteiger partial charge in [0.2, 0.25) is 0 Å². The maximum atomic E-state index is 5.63. The number of hydrogen-bond acceptors (Lipinski definition) is 4. The number of fused-ring (bicyclic) bond motifs is 1. The maximum Gasteiger partial charge on any atom is 0.161 e. The van der Waals surface area contributed by atoms with Gasteiger partial charge in [-0.2, -0.15) is 0 Å². The van der Waals surface area contributed by atoms with Gasteiger partial charge in [0, 0.05) is 19.2 Å². The Morgan fingerprint density at radius 1 is 1.33 bits per heavy atom. The number of aromatic nitrogens is 3. The Hall–Kier alpha value is -1.46. The summed E-state index contributed by atoms with van der Waals surface area (Å²) < 4.78 is 2.08. The van der Waals surface area contributed by atoms with E-state index in [1.165, 1.54) is 12.8 Å². The molecule has 0 unspecified atom stereocenters. The summed E-state index contributed by atoms with van der Waals surface area (Å²) in [5.74, 6) is 1.80. The molecule has 0 spiro atoms. The SMILES string of the molecule is NCc1ccn2c(CC3CCNCC3)nnc2c1. The molecular weight excluding hydrogens is 226 g/mol. The average Bonchev–Trinajstić information content (AvgIpc) is 2.82. The fourth-order valence-corrected chi connectivity index (χ4v) is 2.59. The lowest BCUT2D eigenvalue weighted by Crippen LogP contribution is -2.29. The van der Waals surface area contributed by atoms with Crippen LogP contribution in [0, 0.1) is 5.92 Å². The van der Waals surface area contributed by atoms with Crippen LogP contribution in [0.2, 0.25) is 0 Å². The minimum absolute atomic E-state index is 0.549. The highest BCUT2D eigenvalue weighted by atomic mass is 15.2. The summed E-state index contributed by atoms with van der Waals surface area (Å²) in [7, 11) is 0. The Balaban J connectivity index is 1.83. The summed E-state index contributed by atoms with van der Waals surface area (Å²) in [5, 5.41) is 11.9. The van der Waals surface area contributed by atoms with Crippen LogP contribution in [0.15, 0.2) is 18.3 Å². The van der Waals surface area contributed by atoms with Gasteiger partial charge in [-0.25, -0.2) is 0 Å². The Labute approximate surface area is 106 Å². The minimum Gasteiger partial charge on any atom is -0.326 e. The van der Waals surface area contributed by atoms with Crippen molar-refractivity contribution in [1.82, 2.24) is 19.9 Å². The number of nitrogens with zero attached hydrogens (tertiary/aromatic N) is 3. The number of nitrogens with one attached hydrogen (secondary N) is 1. The number of pyridine rings is 1. The number of hydrogen-bond donors (Lipinski definition) is 2. The largest absolute Gasteiger partial charge is 0.326 e. The highest BCUT2D eigenvalue weighted by Crippen LogP contribution is 2.17. The monoisotopic (exact) mass is 245 g/mol. The van der Waals surface area contributed by atoms with Crippen LogP contribution >= 0.6 is 0 Å². The fraction of sp³-hybridized carbons (Fsp3) is 0.538. The third-order valence-electron chi connectivity index (χ3n) is 3.71. The smallest absolute Gasteiger partial charge is 0.161 e. The van der Waals surface area contributed by atoms with Crippen molar-refractivity contribution in [3.05, 3.63) is 29.7 Å². The van der Waals surface area contributed by atoms with Gasteiger partial charge in [0.15, 0.2) is 5.65 Å². The Morgan fingerprint density at radius 2 is 2.17 bits per heavy atom. The van der Waals surface area contributed by atoms with Gasteiger partial charge in [-0.15, -0.1) is 10.2 Å². The van der Waals surface area contributed by atoms with E-state index in [1.807, 2.05) is 18.3 Å². The van der Waals surface area contributed by atoms with Gasteiger partial charge in [-0.1, -0.05) is 0 Å². The molecular formula is C13H19N5. The lowest BCUT2D eigenvalue weighted by molar-refractivity contribution is 0.366. The lowest BCUT2D eigenvalue weighted by atomic mass is 9.94. The fourth-order valence-electron chi connectivity index (χ4n) is 2.59. The van der Waals surface area contributed by atoms with Crippen molar-refractivity contribution in [2.75, 3.05) is 13.1 Å². The van der Waals surface area contributed by atoms with Crippen LogP contribution in [0.5, 0.6) is 0 Å². The van der Waals surface area contributed by atoms with E-state index >= 15 is 0 Å². The van der Waals surface area contributed by atoms with Crippen molar-refractivity contribution in [2.24, 2.45) is 11.7 Å². The zero-order valence-electron chi connectivity index (χ0n) is 10.5. The van der Waals surface area contributed by atoms with E-state index in [1.54, 1.807) is 0 Å². The highest BCUT2D eigenvalue weighted by Gasteiger charge is 2.16. The minimum atomic E-state index is 0.549. The first-order valence-electron chi connectivity index (χ1n) is 6.60. The number of nitrogens with two attached hydrogens (primary N) is 1. The van der Waals surface area contributed by atoms with Crippen molar-refractivity contribution < 1.29 is 0 Å². The van der Waals surface area contributed by atoms with Crippen LogP contribution in [0.1, 0.15) is 24.2 Å². The Kier molecular flexibility index (Phi) is 3.25. The molecule has 0 radical (unpaired) electrons. The lowest BCUT2D eigenvalue weighted by Gasteiger charge is -2.21. The molecule has 18 heavy (non-hydrogen) atoms. The summed E-state index contributed by atoms with van der Waals surface area (Å²) >= 11 is 0. The molecule has 0 atom stereocenters. The van der Waals surface area contributed by atoms with Gasteiger partial charge in [-0.05, 0) is 49.5 Å². The molecule has 0 bridgehead atoms. The summed E-state index contributed by atoms with van der Waals surface area (Å²) in [6.07, 6.45) is 5.52. The molecule has 0 aliphatic carbocycles. The van der Waals surface area contributed by atoms with Gasteiger partial charge in [-0.3, -0.25) is 4.40 Å². The van der Waals surface area contributed by atoms with Crippen molar-refractivity contribution in [2.45, 2.75) is 25.8 Å². The van der Waals surface area contributed by atoms with E-state index in [2.05, 4.69) is 19.9 Å². The van der Waals surface area contributed by atoms with Crippen LogP contribution in [-0.2, 0) is 13.0 Å². The maximum absolute atomic E-state index is 5.63. The molecule has 3 heterocycles. The summed E-state index contributed by atoms with van der Waals surface area (Å²) in [5.41, 5.74) is 7.64. The molecule has 3 rings (SSSR count). The van der Waals surface area contributed by atoms with Crippen LogP contribution in [0.25, 0.3) is 5.65 Å². The van der Waals surface area contributed by atoms with Crippen molar-refractivity contribution in [3.63, 3.8) is 0 Å². The van der Waals surface area contributed by atoms with E-state index in [9.17, 15) is 0 Å². The number of rotatable bonds is 3. The van der Waals surface area contributed by atoms with Gasteiger partial charge in [0.05, 0.1) is 0 Å². The second kappa shape index (κ2) is 5.04. The molecule has 2 aromatic heterocycles. The van der Waals surface area contributed by atoms with Crippen LogP contribution < -0.4 is 11.1 Å². The first-order valence-corrected chi connectivity index (χ1v) is 6.60. The van der Waals surface area contributed by atoms with E-state index < -0.39 is 0 Å². The van der Waals surface area contributed by atoms with Gasteiger partial charge in [0.25, 0.3) is 0 Å². The van der Waals surface area contributed by atoms with E-state index in [0.29, 0.717) is 6.54 Å². The topological polar surface area (TPSA) is 68.2 Å². The molecule has 1 fully saturated rings. The second-order valence-electron chi connectivity index (χ2n) is 4.98. The number of piperidine rings is 1. The standard InChI is InChI=1S/C13H19N5/c14-9-11-3-6-18-12(16-17-13(18)8-11)7-10-1-4-15-5-2-10/h3,6,8,10,15H,1-2,4-5,7,9,14H2. The molecule has 1 aliphatic rings. The summed E-state index contributed by atoms with van der Waals surface area (Å²) in [4.78, 5) is 0. The first kappa shape index (κ1) is 11.6. The predicted octanol–water partition coefficient (Wildman–Crippen LogP) is 0.730. The molecule has 3 N–H and O–H groups in total. The molecule has 2 aromatic rings. The normalized spacial score (nSPS) is 17.4. The molecule has 1 aliphatic heterocycles. The highest BCUT2D eigenvalue weighted by molar-refractivity contribution is 5.41. The molecule has 5 nitrogen and oxygen atoms in total. The molecule has 1 saturated heterocycles. The second-order valence-corrected chi connectivity index (χ2v) is 4.98. The molecule has 96 valence electrons. The average molecular weight is 245 g/mol. The zero-order valence-corrected chi connectivity index (χ0v) is 10.5.